The Morgan fingerprint density at radius 1 is 1.11 bits per heavy atom. The van der Waals surface area contributed by atoms with E-state index in [2.05, 4.69) is 10.6 Å². The summed E-state index contributed by atoms with van der Waals surface area (Å²) in [5, 5.41) is 5.57. The largest absolute Gasteiger partial charge is 0.384 e. The highest BCUT2D eigenvalue weighted by molar-refractivity contribution is 6.23. The van der Waals surface area contributed by atoms with Gasteiger partial charge in [-0.05, 0) is 49.4 Å². The number of piperidine rings is 1. The number of benzene rings is 1. The van der Waals surface area contributed by atoms with E-state index in [1.54, 1.807) is 18.2 Å². The first-order chi connectivity index (χ1) is 13.4. The summed E-state index contributed by atoms with van der Waals surface area (Å²) >= 11 is 0. The summed E-state index contributed by atoms with van der Waals surface area (Å²) in [6.07, 6.45) is 4.79. The molecule has 148 valence electrons. The Bertz CT molecular complexity index is 860. The zero-order chi connectivity index (χ0) is 19.9. The Morgan fingerprint density at radius 3 is 2.50 bits per heavy atom. The van der Waals surface area contributed by atoms with Crippen LogP contribution in [0.4, 0.5) is 5.69 Å². The molecule has 0 spiro atoms. The van der Waals surface area contributed by atoms with E-state index in [4.69, 9.17) is 5.73 Å². The topological polar surface area (TPSA) is 122 Å². The number of carbonyl (C=O) groups excluding carboxylic acids is 4. The van der Waals surface area contributed by atoms with Crippen LogP contribution in [0.1, 0.15) is 59.2 Å². The van der Waals surface area contributed by atoms with Gasteiger partial charge in [0.15, 0.2) is 0 Å². The summed E-state index contributed by atoms with van der Waals surface area (Å²) in [5.41, 5.74) is 7.39. The molecule has 2 aliphatic heterocycles. The van der Waals surface area contributed by atoms with Crippen LogP contribution >= 0.6 is 0 Å². The van der Waals surface area contributed by atoms with Crippen LogP contribution < -0.4 is 16.4 Å². The predicted molar refractivity (Wildman–Crippen MR) is 102 cm³/mol. The van der Waals surface area contributed by atoms with Crippen molar-refractivity contribution in [1.29, 1.82) is 0 Å². The average molecular weight is 384 g/mol. The lowest BCUT2D eigenvalue weighted by Crippen LogP contribution is -2.54. The van der Waals surface area contributed by atoms with E-state index in [1.807, 2.05) is 0 Å². The molecule has 8 heteroatoms. The van der Waals surface area contributed by atoms with Gasteiger partial charge < -0.3 is 11.1 Å². The third-order valence-corrected chi connectivity index (χ3v) is 6.20. The second-order valence-corrected chi connectivity index (χ2v) is 7.97. The van der Waals surface area contributed by atoms with Gasteiger partial charge in [-0.1, -0.05) is 12.8 Å². The van der Waals surface area contributed by atoms with Crippen LogP contribution in [0.2, 0.25) is 0 Å². The molecule has 1 unspecified atom stereocenters. The molecule has 1 aliphatic carbocycles. The molecule has 0 radical (unpaired) electrons. The van der Waals surface area contributed by atoms with E-state index in [9.17, 15) is 19.2 Å². The number of nitrogens with two attached hydrogens (primary N) is 1. The molecular formula is C20H24N4O4. The molecule has 4 amide bonds. The van der Waals surface area contributed by atoms with E-state index >= 15 is 0 Å². The lowest BCUT2D eigenvalue weighted by molar-refractivity contribution is -0.136. The van der Waals surface area contributed by atoms with Gasteiger partial charge in [0.1, 0.15) is 6.04 Å². The second kappa shape index (κ2) is 7.01. The molecule has 1 saturated heterocycles. The SMILES string of the molecule is NCC1(CNc2ccc3c(c2)C(=O)N(C2CCC(=O)NC2=O)C3=O)CCCC1. The van der Waals surface area contributed by atoms with Gasteiger partial charge in [0.2, 0.25) is 11.8 Å². The maximum absolute atomic E-state index is 12.9. The monoisotopic (exact) mass is 384 g/mol. The molecular weight excluding hydrogens is 360 g/mol. The lowest BCUT2D eigenvalue weighted by atomic mass is 9.86. The minimum atomic E-state index is -0.944. The maximum atomic E-state index is 12.9. The molecule has 1 atom stereocenters. The number of nitrogens with one attached hydrogen (secondary N) is 2. The van der Waals surface area contributed by atoms with Gasteiger partial charge in [-0.25, -0.2) is 0 Å². The van der Waals surface area contributed by atoms with Crippen molar-refractivity contribution in [2.45, 2.75) is 44.6 Å². The third kappa shape index (κ3) is 3.07. The van der Waals surface area contributed by atoms with Crippen LogP contribution in [0.15, 0.2) is 18.2 Å². The minimum Gasteiger partial charge on any atom is -0.384 e. The smallest absolute Gasteiger partial charge is 0.262 e. The van der Waals surface area contributed by atoms with E-state index in [-0.39, 0.29) is 35.3 Å². The van der Waals surface area contributed by atoms with Crippen LogP contribution in [0.5, 0.6) is 0 Å². The van der Waals surface area contributed by atoms with Gasteiger partial charge in [-0.15, -0.1) is 0 Å². The van der Waals surface area contributed by atoms with Crippen molar-refractivity contribution in [2.75, 3.05) is 18.4 Å². The third-order valence-electron chi connectivity index (χ3n) is 6.20. The van der Waals surface area contributed by atoms with Crippen LogP contribution in [-0.4, -0.2) is 47.7 Å². The number of hydrogen-bond acceptors (Lipinski definition) is 6. The normalized spacial score (nSPS) is 23.8. The molecule has 4 N–H and O–H groups in total. The van der Waals surface area contributed by atoms with Crippen molar-refractivity contribution < 1.29 is 19.2 Å². The molecule has 0 aromatic heterocycles. The Kier molecular flexibility index (Phi) is 4.66. The quantitative estimate of drug-likeness (QED) is 0.652. The highest BCUT2D eigenvalue weighted by Gasteiger charge is 2.44. The molecule has 1 aromatic carbocycles. The fraction of sp³-hybridized carbons (Fsp3) is 0.500. The Morgan fingerprint density at radius 2 is 1.82 bits per heavy atom. The van der Waals surface area contributed by atoms with E-state index in [0.717, 1.165) is 30.0 Å². The van der Waals surface area contributed by atoms with Crippen molar-refractivity contribution >= 4 is 29.3 Å². The minimum absolute atomic E-state index is 0.0810. The summed E-state index contributed by atoms with van der Waals surface area (Å²) in [5.74, 6) is -1.97. The Balaban J connectivity index is 1.52. The van der Waals surface area contributed by atoms with Crippen LogP contribution in [0, 0.1) is 5.41 Å². The number of nitrogens with zero attached hydrogens (tertiary/aromatic N) is 1. The van der Waals surface area contributed by atoms with Gasteiger partial charge in [0.05, 0.1) is 11.1 Å². The zero-order valence-electron chi connectivity index (χ0n) is 15.6. The van der Waals surface area contributed by atoms with Crippen LogP contribution in [0.25, 0.3) is 0 Å². The molecule has 2 heterocycles. The number of anilines is 1. The molecule has 0 bridgehead atoms. The molecule has 4 rings (SSSR count). The molecule has 28 heavy (non-hydrogen) atoms. The van der Waals surface area contributed by atoms with Gasteiger partial charge in [-0.2, -0.15) is 0 Å². The number of fused-ring (bicyclic) bond motifs is 1. The summed E-state index contributed by atoms with van der Waals surface area (Å²) in [7, 11) is 0. The molecule has 2 fully saturated rings. The van der Waals surface area contributed by atoms with Gasteiger partial charge >= 0.3 is 0 Å². The standard InChI is InChI=1S/C20H24N4O4/c21-10-20(7-1-2-8-20)11-22-12-3-4-13-14(9-12)19(28)24(18(13)27)15-5-6-16(25)23-17(15)26/h3-4,9,15,22H,1-2,5-8,10-11,21H2,(H,23,25,26). The lowest BCUT2D eigenvalue weighted by Gasteiger charge is -2.28. The average Bonchev–Trinajstić information content (AvgIpc) is 3.25. The maximum Gasteiger partial charge on any atom is 0.262 e. The summed E-state index contributed by atoms with van der Waals surface area (Å²) < 4.78 is 0. The first kappa shape index (κ1) is 18.6. The van der Waals surface area contributed by atoms with E-state index < -0.39 is 23.8 Å². The van der Waals surface area contributed by atoms with Crippen molar-refractivity contribution in [2.24, 2.45) is 11.1 Å². The van der Waals surface area contributed by atoms with Crippen LogP contribution in [-0.2, 0) is 9.59 Å². The number of rotatable bonds is 5. The Labute approximate surface area is 162 Å². The molecule has 3 aliphatic rings. The highest BCUT2D eigenvalue weighted by Crippen LogP contribution is 2.37. The van der Waals surface area contributed by atoms with Gasteiger partial charge in [0.25, 0.3) is 11.8 Å². The Hall–Kier alpha value is -2.74. The van der Waals surface area contributed by atoms with Gasteiger partial charge in [-0.3, -0.25) is 29.4 Å². The molecule has 1 aromatic rings. The summed E-state index contributed by atoms with van der Waals surface area (Å²) in [4.78, 5) is 50.0. The highest BCUT2D eigenvalue weighted by atomic mass is 16.2. The van der Waals surface area contributed by atoms with Crippen molar-refractivity contribution in [3.05, 3.63) is 29.3 Å². The first-order valence-electron chi connectivity index (χ1n) is 9.74. The van der Waals surface area contributed by atoms with Crippen molar-refractivity contribution in [3.63, 3.8) is 0 Å². The predicted octanol–water partition coefficient (Wildman–Crippen LogP) is 1.02. The van der Waals surface area contributed by atoms with E-state index in [0.29, 0.717) is 6.54 Å². The van der Waals surface area contributed by atoms with Crippen molar-refractivity contribution in [1.82, 2.24) is 10.2 Å². The first-order valence-corrected chi connectivity index (χ1v) is 9.74. The number of carbonyl (C=O) groups is 4. The summed E-state index contributed by atoms with van der Waals surface area (Å²) in [6.45, 7) is 1.34. The molecule has 1 saturated carbocycles. The number of imide groups is 2. The summed E-state index contributed by atoms with van der Waals surface area (Å²) in [6, 6.07) is 4.12. The second-order valence-electron chi connectivity index (χ2n) is 7.97. The fourth-order valence-electron chi connectivity index (χ4n) is 4.45. The molecule has 8 nitrogen and oxygen atoms in total. The number of hydrogen-bond donors (Lipinski definition) is 3. The fourth-order valence-corrected chi connectivity index (χ4v) is 4.45. The number of amides is 4. The van der Waals surface area contributed by atoms with Gasteiger partial charge in [0, 0.05) is 18.7 Å². The van der Waals surface area contributed by atoms with E-state index in [1.165, 1.54) is 12.8 Å². The zero-order valence-corrected chi connectivity index (χ0v) is 15.6. The van der Waals surface area contributed by atoms with Crippen LogP contribution in [0.3, 0.4) is 0 Å². The van der Waals surface area contributed by atoms with Crippen molar-refractivity contribution in [3.8, 4) is 0 Å².